The van der Waals surface area contributed by atoms with Gasteiger partial charge in [0.25, 0.3) is 0 Å². The first-order valence-electron chi connectivity index (χ1n) is 22.0. The Hall–Kier alpha value is -8.69. The lowest BCUT2D eigenvalue weighted by atomic mass is 9.96. The zero-order chi connectivity index (χ0) is 46.1. The molecule has 4 aromatic heterocycles. The molecule has 4 nitrogen and oxygen atoms in total. The van der Waals surface area contributed by atoms with Gasteiger partial charge in [-0.25, -0.2) is 8.78 Å². The van der Waals surface area contributed by atoms with Crippen molar-refractivity contribution in [3.05, 3.63) is 230 Å². The van der Waals surface area contributed by atoms with Gasteiger partial charge in [0.05, 0.1) is 56.0 Å². The number of nitrogens with zero attached hydrogens (tertiary/aromatic N) is 4. The van der Waals surface area contributed by atoms with Crippen LogP contribution in [0.5, 0.6) is 0 Å². The van der Waals surface area contributed by atoms with Gasteiger partial charge in [-0.1, -0.05) is 127 Å². The number of alkyl halides is 3. The molecule has 0 N–H and O–H groups in total. The Bertz CT molecular complexity index is 3870. The van der Waals surface area contributed by atoms with E-state index < -0.39 is 34.5 Å². The van der Waals surface area contributed by atoms with Crippen LogP contribution in [0.3, 0.4) is 0 Å². The summed E-state index contributed by atoms with van der Waals surface area (Å²) in [7, 11) is 0. The van der Waals surface area contributed by atoms with E-state index in [1.54, 1.807) is 0 Å². The molecule has 0 spiro atoms. The summed E-state index contributed by atoms with van der Waals surface area (Å²) in [4.78, 5) is 9.52. The molecule has 12 rings (SSSR count). The van der Waals surface area contributed by atoms with Crippen molar-refractivity contribution < 1.29 is 22.0 Å². The van der Waals surface area contributed by atoms with E-state index in [0.29, 0.717) is 22.1 Å². The molecule has 12 aromatic rings. The van der Waals surface area contributed by atoms with Gasteiger partial charge < -0.3 is 9.13 Å². The largest absolute Gasteiger partial charge is 0.417 e. The summed E-state index contributed by atoms with van der Waals surface area (Å²) in [5, 5.41) is 3.27. The monoisotopic (exact) mass is 894 g/mol. The zero-order valence-electron chi connectivity index (χ0n) is 35.9. The zero-order valence-corrected chi connectivity index (χ0v) is 35.9. The van der Waals surface area contributed by atoms with E-state index in [0.717, 1.165) is 90.6 Å². The molecular weight excluding hydrogens is 860 g/mol. The highest BCUT2D eigenvalue weighted by atomic mass is 19.4. The lowest BCUT2D eigenvalue weighted by Gasteiger charge is -2.22. The summed E-state index contributed by atoms with van der Waals surface area (Å²) >= 11 is 0. The smallest absolute Gasteiger partial charge is 0.307 e. The summed E-state index contributed by atoms with van der Waals surface area (Å²) in [5.41, 5.74) is 7.69. The van der Waals surface area contributed by atoms with Gasteiger partial charge in [0.15, 0.2) is 0 Å². The summed E-state index contributed by atoms with van der Waals surface area (Å²) < 4.78 is 82.4. The van der Waals surface area contributed by atoms with Gasteiger partial charge in [-0.3, -0.25) is 9.97 Å². The lowest BCUT2D eigenvalue weighted by molar-refractivity contribution is -0.137. The van der Waals surface area contributed by atoms with Crippen molar-refractivity contribution in [2.75, 3.05) is 0 Å². The third-order valence-corrected chi connectivity index (χ3v) is 12.8. The van der Waals surface area contributed by atoms with E-state index in [4.69, 9.17) is 9.97 Å². The number of rotatable bonds is 7. The van der Waals surface area contributed by atoms with Crippen LogP contribution in [0.25, 0.3) is 111 Å². The van der Waals surface area contributed by atoms with Gasteiger partial charge in [-0.05, 0) is 83.9 Å². The minimum Gasteiger partial charge on any atom is -0.307 e. The predicted molar refractivity (Wildman–Crippen MR) is 263 cm³/mol. The Morgan fingerprint density at radius 2 is 0.779 bits per heavy atom. The molecule has 4 heterocycles. The first-order valence-corrected chi connectivity index (χ1v) is 22.0. The SMILES string of the molecule is Fc1cccc(F)c1-c1cc(-n2c3ccccc3c3cc(-c4ccc(-c5ccccc5)nc4)ccc32)c(-n2c3ccccc3c3cc(-c4ccc(-c5ccccc5)nc4)ccc32)cc1C(F)(F)F. The Morgan fingerprint density at radius 1 is 0.353 bits per heavy atom. The van der Waals surface area contributed by atoms with Gasteiger partial charge in [0, 0.05) is 61.8 Å². The maximum Gasteiger partial charge on any atom is 0.417 e. The van der Waals surface area contributed by atoms with Gasteiger partial charge in [-0.15, -0.1) is 0 Å². The second-order valence-corrected chi connectivity index (χ2v) is 16.7. The standard InChI is InChI=1S/C59H35F5N4/c60-48-18-11-19-49(61)58(48)46-32-56(67-52-20-9-7-16-42(52)44-30-38(24-28-54(44)67)40-22-26-50(65-34-40)36-12-3-1-4-13-36)57(33-47(46)59(62,63)64)68-53-21-10-8-17-43(53)45-31-39(25-29-55(45)68)41-23-27-51(66-35-41)37-14-5-2-6-15-37/h1-35H. The molecule has 0 radical (unpaired) electrons. The third kappa shape index (κ3) is 6.81. The van der Waals surface area contributed by atoms with Crippen LogP contribution in [0.2, 0.25) is 0 Å². The predicted octanol–water partition coefficient (Wildman–Crippen LogP) is 16.3. The van der Waals surface area contributed by atoms with E-state index in [2.05, 4.69) is 6.07 Å². The second-order valence-electron chi connectivity index (χ2n) is 16.7. The number of fused-ring (bicyclic) bond motifs is 6. The average molecular weight is 895 g/mol. The van der Waals surface area contributed by atoms with Crippen LogP contribution < -0.4 is 0 Å². The van der Waals surface area contributed by atoms with Crippen LogP contribution in [-0.4, -0.2) is 19.1 Å². The van der Waals surface area contributed by atoms with E-state index in [1.807, 2.05) is 185 Å². The van der Waals surface area contributed by atoms with Crippen LogP contribution in [0, 0.1) is 11.6 Å². The van der Waals surface area contributed by atoms with E-state index in [9.17, 15) is 0 Å². The van der Waals surface area contributed by atoms with Crippen LogP contribution in [-0.2, 0) is 6.18 Å². The fourth-order valence-electron chi connectivity index (χ4n) is 9.64. The number of pyridine rings is 2. The van der Waals surface area contributed by atoms with Gasteiger partial charge in [-0.2, -0.15) is 13.2 Å². The van der Waals surface area contributed by atoms with E-state index in [-0.39, 0.29) is 11.4 Å². The Labute approximate surface area is 386 Å². The van der Waals surface area contributed by atoms with Crippen molar-refractivity contribution in [3.63, 3.8) is 0 Å². The summed E-state index contributed by atoms with van der Waals surface area (Å²) in [5.74, 6) is -2.22. The average Bonchev–Trinajstić information content (AvgIpc) is 3.88. The number of aromatic nitrogens is 4. The van der Waals surface area contributed by atoms with Crippen LogP contribution in [0.1, 0.15) is 5.56 Å². The van der Waals surface area contributed by atoms with Crippen LogP contribution in [0.15, 0.2) is 213 Å². The Balaban J connectivity index is 1.11. The molecule has 0 aliphatic heterocycles. The van der Waals surface area contributed by atoms with E-state index in [1.165, 1.54) is 6.07 Å². The van der Waals surface area contributed by atoms with Crippen molar-refractivity contribution in [1.29, 1.82) is 0 Å². The molecule has 0 bridgehead atoms. The van der Waals surface area contributed by atoms with Crippen LogP contribution >= 0.6 is 0 Å². The van der Waals surface area contributed by atoms with Crippen molar-refractivity contribution >= 4 is 43.6 Å². The second kappa shape index (κ2) is 16.0. The first-order chi connectivity index (χ1) is 33.2. The van der Waals surface area contributed by atoms with Crippen molar-refractivity contribution in [3.8, 4) is 67.3 Å². The van der Waals surface area contributed by atoms with Gasteiger partial charge >= 0.3 is 6.18 Å². The normalized spacial score (nSPS) is 11.9. The molecule has 0 unspecified atom stereocenters. The Morgan fingerprint density at radius 3 is 1.24 bits per heavy atom. The summed E-state index contributed by atoms with van der Waals surface area (Å²) in [6.07, 6.45) is -1.36. The summed E-state index contributed by atoms with van der Waals surface area (Å²) in [6, 6.07) is 60.3. The molecule has 8 aromatic carbocycles. The van der Waals surface area contributed by atoms with Crippen molar-refractivity contribution in [2.45, 2.75) is 6.18 Å². The molecule has 0 aliphatic carbocycles. The molecule has 68 heavy (non-hydrogen) atoms. The number of benzene rings is 8. The van der Waals surface area contributed by atoms with E-state index >= 15 is 22.0 Å². The highest BCUT2D eigenvalue weighted by molar-refractivity contribution is 6.13. The maximum atomic E-state index is 15.9. The highest BCUT2D eigenvalue weighted by Gasteiger charge is 2.37. The third-order valence-electron chi connectivity index (χ3n) is 12.8. The fraction of sp³-hybridized carbons (Fsp3) is 0.0169. The minimum atomic E-state index is -5.01. The molecular formula is C59H35F5N4. The molecule has 0 atom stereocenters. The molecule has 0 aliphatic rings. The topological polar surface area (TPSA) is 35.6 Å². The minimum absolute atomic E-state index is 0.165. The van der Waals surface area contributed by atoms with Crippen molar-refractivity contribution in [2.24, 2.45) is 0 Å². The molecule has 326 valence electrons. The van der Waals surface area contributed by atoms with Gasteiger partial charge in [0.1, 0.15) is 11.6 Å². The van der Waals surface area contributed by atoms with Crippen molar-refractivity contribution in [1.82, 2.24) is 19.1 Å². The van der Waals surface area contributed by atoms with Crippen LogP contribution in [0.4, 0.5) is 22.0 Å². The molecule has 0 saturated carbocycles. The number of hydrogen-bond donors (Lipinski definition) is 0. The molecule has 9 heteroatoms. The maximum absolute atomic E-state index is 15.9. The number of hydrogen-bond acceptors (Lipinski definition) is 2. The van der Waals surface area contributed by atoms with Gasteiger partial charge in [0.2, 0.25) is 0 Å². The quantitative estimate of drug-likeness (QED) is 0.149. The molecule has 0 saturated heterocycles. The highest BCUT2D eigenvalue weighted by Crippen LogP contribution is 2.46. The number of halogens is 5. The molecule has 0 amide bonds. The fourth-order valence-corrected chi connectivity index (χ4v) is 9.64. The first kappa shape index (κ1) is 40.8. The lowest BCUT2D eigenvalue weighted by Crippen LogP contribution is -2.13. The number of para-hydroxylation sites is 2. The summed E-state index contributed by atoms with van der Waals surface area (Å²) in [6.45, 7) is 0. The Kier molecular flexibility index (Phi) is 9.62. The molecule has 0 fully saturated rings.